The number of hydrogen-bond acceptors (Lipinski definition) is 3. The fourth-order valence-electron chi connectivity index (χ4n) is 1.12. The highest BCUT2D eigenvalue weighted by atomic mass is 16.4. The van der Waals surface area contributed by atoms with Crippen molar-refractivity contribution in [3.05, 3.63) is 35.9 Å². The second-order valence-electron chi connectivity index (χ2n) is 2.97. The van der Waals surface area contributed by atoms with Gasteiger partial charge in [0.2, 0.25) is 0 Å². The summed E-state index contributed by atoms with van der Waals surface area (Å²) in [4.78, 5) is 21.2. The van der Waals surface area contributed by atoms with Crippen molar-refractivity contribution in [1.29, 1.82) is 0 Å². The summed E-state index contributed by atoms with van der Waals surface area (Å²) in [5.74, 6) is -2.43. The number of Topliss-reactive ketones (excluding diaryl/α,β-unsaturated/α-hetero) is 1. The highest BCUT2D eigenvalue weighted by Gasteiger charge is 2.20. The van der Waals surface area contributed by atoms with Gasteiger partial charge < -0.3 is 10.8 Å². The molecular formula is C10H11NO3. The predicted molar refractivity (Wildman–Crippen MR) is 50.8 cm³/mol. The largest absolute Gasteiger partial charge is 0.475 e. The van der Waals surface area contributed by atoms with Crippen molar-refractivity contribution in [3.8, 4) is 0 Å². The van der Waals surface area contributed by atoms with Crippen molar-refractivity contribution in [2.24, 2.45) is 5.73 Å². The first kappa shape index (κ1) is 10.4. The van der Waals surface area contributed by atoms with Gasteiger partial charge in [-0.1, -0.05) is 30.3 Å². The van der Waals surface area contributed by atoms with Crippen molar-refractivity contribution < 1.29 is 14.7 Å². The Morgan fingerprint density at radius 3 is 2.36 bits per heavy atom. The third-order valence-electron chi connectivity index (χ3n) is 1.85. The zero-order chi connectivity index (χ0) is 10.6. The molecule has 0 aromatic heterocycles. The molecule has 0 amide bonds. The Morgan fingerprint density at radius 2 is 1.86 bits per heavy atom. The molecule has 0 saturated heterocycles. The molecule has 1 rings (SSSR count). The van der Waals surface area contributed by atoms with E-state index in [-0.39, 0.29) is 6.42 Å². The number of ketones is 1. The van der Waals surface area contributed by atoms with Gasteiger partial charge in [0.05, 0.1) is 6.04 Å². The van der Waals surface area contributed by atoms with Gasteiger partial charge in [-0.25, -0.2) is 4.79 Å². The van der Waals surface area contributed by atoms with Gasteiger partial charge in [0, 0.05) is 0 Å². The van der Waals surface area contributed by atoms with Crippen LogP contribution in [0.15, 0.2) is 30.3 Å². The smallest absolute Gasteiger partial charge is 0.373 e. The second kappa shape index (κ2) is 4.53. The van der Waals surface area contributed by atoms with Crippen LogP contribution >= 0.6 is 0 Å². The molecule has 0 radical (unpaired) electrons. The van der Waals surface area contributed by atoms with E-state index in [0.717, 1.165) is 5.56 Å². The Hall–Kier alpha value is -1.68. The normalized spacial score (nSPS) is 12.1. The van der Waals surface area contributed by atoms with Gasteiger partial charge >= 0.3 is 5.97 Å². The van der Waals surface area contributed by atoms with E-state index in [9.17, 15) is 9.59 Å². The number of carboxylic acid groups (broad SMARTS) is 1. The zero-order valence-corrected chi connectivity index (χ0v) is 7.51. The first-order valence-corrected chi connectivity index (χ1v) is 4.18. The molecule has 4 heteroatoms. The highest BCUT2D eigenvalue weighted by Crippen LogP contribution is 2.02. The second-order valence-corrected chi connectivity index (χ2v) is 2.97. The number of aliphatic carboxylic acids is 1. The Labute approximate surface area is 81.3 Å². The molecule has 0 saturated carbocycles. The molecule has 0 aliphatic carbocycles. The third-order valence-corrected chi connectivity index (χ3v) is 1.85. The van der Waals surface area contributed by atoms with E-state index in [2.05, 4.69) is 0 Å². The molecule has 3 N–H and O–H groups in total. The van der Waals surface area contributed by atoms with Gasteiger partial charge in [-0.15, -0.1) is 0 Å². The van der Waals surface area contributed by atoms with E-state index in [1.165, 1.54) is 0 Å². The number of rotatable bonds is 4. The van der Waals surface area contributed by atoms with Gasteiger partial charge in [0.15, 0.2) is 0 Å². The Balaban J connectivity index is 2.62. The van der Waals surface area contributed by atoms with Crippen LogP contribution in [0.4, 0.5) is 0 Å². The quantitative estimate of drug-likeness (QED) is 0.670. The third kappa shape index (κ3) is 2.67. The van der Waals surface area contributed by atoms with Gasteiger partial charge in [-0.2, -0.15) is 0 Å². The lowest BCUT2D eigenvalue weighted by Gasteiger charge is -2.06. The molecular weight excluding hydrogens is 182 g/mol. The molecule has 0 aliphatic rings. The monoisotopic (exact) mass is 193 g/mol. The number of benzene rings is 1. The number of nitrogens with two attached hydrogens (primary N) is 1. The summed E-state index contributed by atoms with van der Waals surface area (Å²) in [5.41, 5.74) is 6.28. The van der Waals surface area contributed by atoms with Crippen LogP contribution in [-0.2, 0) is 16.0 Å². The Morgan fingerprint density at radius 1 is 1.29 bits per heavy atom. The van der Waals surface area contributed by atoms with E-state index in [1.807, 2.05) is 18.2 Å². The molecule has 4 nitrogen and oxygen atoms in total. The maximum absolute atomic E-state index is 10.9. The van der Waals surface area contributed by atoms with Gasteiger partial charge in [0.25, 0.3) is 5.78 Å². The lowest BCUT2D eigenvalue weighted by atomic mass is 10.0. The van der Waals surface area contributed by atoms with E-state index in [1.54, 1.807) is 12.1 Å². The Bertz CT molecular complexity index is 334. The number of hydrogen-bond donors (Lipinski definition) is 2. The topological polar surface area (TPSA) is 80.4 Å². The highest BCUT2D eigenvalue weighted by molar-refractivity contribution is 6.34. The summed E-state index contributed by atoms with van der Waals surface area (Å²) in [5, 5.41) is 8.40. The molecule has 1 atom stereocenters. The van der Waals surface area contributed by atoms with Crippen LogP contribution in [-0.4, -0.2) is 22.9 Å². The molecule has 0 aliphatic heterocycles. The maximum Gasteiger partial charge on any atom is 0.373 e. The van der Waals surface area contributed by atoms with E-state index >= 15 is 0 Å². The lowest BCUT2D eigenvalue weighted by molar-refractivity contribution is -0.149. The summed E-state index contributed by atoms with van der Waals surface area (Å²) >= 11 is 0. The average Bonchev–Trinajstić information content (AvgIpc) is 2.18. The summed E-state index contributed by atoms with van der Waals surface area (Å²) in [6.45, 7) is 0. The van der Waals surface area contributed by atoms with Crippen molar-refractivity contribution in [2.45, 2.75) is 12.5 Å². The van der Waals surface area contributed by atoms with Gasteiger partial charge in [0.1, 0.15) is 0 Å². The summed E-state index contributed by atoms with van der Waals surface area (Å²) in [6.07, 6.45) is 0.256. The van der Waals surface area contributed by atoms with Crippen molar-refractivity contribution in [3.63, 3.8) is 0 Å². The van der Waals surface area contributed by atoms with Crippen molar-refractivity contribution >= 4 is 11.8 Å². The minimum Gasteiger partial charge on any atom is -0.475 e. The first-order valence-electron chi connectivity index (χ1n) is 4.18. The summed E-state index contributed by atoms with van der Waals surface area (Å²) in [6, 6.07) is 8.11. The summed E-state index contributed by atoms with van der Waals surface area (Å²) in [7, 11) is 0. The lowest BCUT2D eigenvalue weighted by Crippen LogP contribution is -2.37. The predicted octanol–water partition coefficient (Wildman–Crippen LogP) is 0.210. The van der Waals surface area contributed by atoms with Crippen LogP contribution in [0.3, 0.4) is 0 Å². The molecule has 0 spiro atoms. The minimum atomic E-state index is -1.48. The number of carbonyl (C=O) groups excluding carboxylic acids is 1. The molecule has 1 unspecified atom stereocenters. The average molecular weight is 193 g/mol. The number of carbonyl (C=O) groups is 2. The van der Waals surface area contributed by atoms with Crippen LogP contribution in [0.25, 0.3) is 0 Å². The Kier molecular flexibility index (Phi) is 3.36. The standard InChI is InChI=1S/C10H11NO3/c11-8(9(12)10(13)14)6-7-4-2-1-3-5-7/h1-5,8H,6,11H2,(H,13,14). The maximum atomic E-state index is 10.9. The molecule has 0 heterocycles. The van der Waals surface area contributed by atoms with E-state index in [4.69, 9.17) is 10.8 Å². The molecule has 1 aromatic rings. The molecule has 14 heavy (non-hydrogen) atoms. The van der Waals surface area contributed by atoms with Crippen molar-refractivity contribution in [2.75, 3.05) is 0 Å². The van der Waals surface area contributed by atoms with Crippen LogP contribution in [0.2, 0.25) is 0 Å². The first-order chi connectivity index (χ1) is 6.61. The van der Waals surface area contributed by atoms with E-state index in [0.29, 0.717) is 0 Å². The van der Waals surface area contributed by atoms with Crippen LogP contribution in [0.1, 0.15) is 5.56 Å². The minimum absolute atomic E-state index is 0.256. The molecule has 74 valence electrons. The van der Waals surface area contributed by atoms with Crippen LogP contribution in [0, 0.1) is 0 Å². The molecule has 0 fully saturated rings. The zero-order valence-electron chi connectivity index (χ0n) is 7.51. The van der Waals surface area contributed by atoms with Crippen molar-refractivity contribution in [1.82, 2.24) is 0 Å². The van der Waals surface area contributed by atoms with Gasteiger partial charge in [-0.05, 0) is 12.0 Å². The van der Waals surface area contributed by atoms with Gasteiger partial charge in [-0.3, -0.25) is 4.79 Å². The SMILES string of the molecule is NC(Cc1ccccc1)C(=O)C(=O)O. The van der Waals surface area contributed by atoms with Crippen LogP contribution < -0.4 is 5.73 Å². The fraction of sp³-hybridized carbons (Fsp3) is 0.200. The number of carboxylic acids is 1. The molecule has 0 bridgehead atoms. The van der Waals surface area contributed by atoms with E-state index < -0.39 is 17.8 Å². The van der Waals surface area contributed by atoms with Crippen LogP contribution in [0.5, 0.6) is 0 Å². The summed E-state index contributed by atoms with van der Waals surface area (Å²) < 4.78 is 0. The fourth-order valence-corrected chi connectivity index (χ4v) is 1.12. The molecule has 1 aromatic carbocycles.